The molecule has 1 aliphatic rings. The fourth-order valence-electron chi connectivity index (χ4n) is 2.15. The van der Waals surface area contributed by atoms with Crippen LogP contribution in [0.5, 0.6) is 5.75 Å². The van der Waals surface area contributed by atoms with Crippen molar-refractivity contribution in [2.24, 2.45) is 0 Å². The molecule has 2 rings (SSSR count). The normalized spacial score (nSPS) is 14.3. The van der Waals surface area contributed by atoms with Crippen molar-refractivity contribution >= 4 is 29.2 Å². The molecule has 25 heavy (non-hydrogen) atoms. The summed E-state index contributed by atoms with van der Waals surface area (Å²) in [7, 11) is 1.19. The Morgan fingerprint density at radius 2 is 2.24 bits per heavy atom. The first-order chi connectivity index (χ1) is 11.8. The summed E-state index contributed by atoms with van der Waals surface area (Å²) < 4.78 is 9.87. The van der Waals surface area contributed by atoms with E-state index in [0.29, 0.717) is 0 Å². The number of amides is 2. The third kappa shape index (κ3) is 4.20. The van der Waals surface area contributed by atoms with E-state index < -0.39 is 35.4 Å². The number of benzene rings is 1. The van der Waals surface area contributed by atoms with Crippen LogP contribution in [0.3, 0.4) is 0 Å². The second kappa shape index (κ2) is 7.57. The summed E-state index contributed by atoms with van der Waals surface area (Å²) in [4.78, 5) is 46.1. The summed E-state index contributed by atoms with van der Waals surface area (Å²) in [5.41, 5.74) is -0.157. The summed E-state index contributed by atoms with van der Waals surface area (Å²) >= 11 is 0. The van der Waals surface area contributed by atoms with Gasteiger partial charge in [0.25, 0.3) is 11.6 Å². The fourth-order valence-corrected chi connectivity index (χ4v) is 2.15. The third-order valence-electron chi connectivity index (χ3n) is 3.44. The van der Waals surface area contributed by atoms with Crippen LogP contribution in [0.1, 0.15) is 0 Å². The summed E-state index contributed by atoms with van der Waals surface area (Å²) in [6.45, 7) is -1.04. The highest BCUT2D eigenvalue weighted by atomic mass is 16.6. The van der Waals surface area contributed by atoms with E-state index in [0.717, 1.165) is 11.0 Å². The molecule has 134 valence electrons. The minimum atomic E-state index is -1.24. The number of non-ortho nitro benzene ring substituents is 1. The number of nitro groups is 1. The molecule has 0 aliphatic carbocycles. The first-order valence-electron chi connectivity index (χ1n) is 7.07. The second-order valence-corrected chi connectivity index (χ2v) is 5.04. The number of ether oxygens (including phenoxy) is 2. The fraction of sp³-hybridized carbons (Fsp3) is 0.357. The molecular formula is C14H15N3O8. The zero-order chi connectivity index (χ0) is 18.6. The van der Waals surface area contributed by atoms with E-state index in [2.05, 4.69) is 10.1 Å². The zero-order valence-corrected chi connectivity index (χ0v) is 13.1. The maximum Gasteiger partial charge on any atom is 0.334 e. The number of nitrogens with zero attached hydrogens (tertiary/aromatic N) is 2. The van der Waals surface area contributed by atoms with Gasteiger partial charge in [-0.1, -0.05) is 0 Å². The number of aliphatic carboxylic acids is 1. The van der Waals surface area contributed by atoms with E-state index in [1.54, 1.807) is 0 Å². The van der Waals surface area contributed by atoms with E-state index in [-0.39, 0.29) is 30.3 Å². The minimum Gasteiger partial charge on any atom is -0.482 e. The molecule has 1 aromatic rings. The average molecular weight is 353 g/mol. The van der Waals surface area contributed by atoms with Crippen LogP contribution in [-0.4, -0.2) is 60.7 Å². The minimum absolute atomic E-state index is 0.0992. The summed E-state index contributed by atoms with van der Waals surface area (Å²) in [6.07, 6.45) is -1.22. The van der Waals surface area contributed by atoms with Gasteiger partial charge in [-0.15, -0.1) is 0 Å². The molecule has 1 aliphatic heterocycles. The molecule has 11 nitrogen and oxygen atoms in total. The number of carboxylic acids is 1. The van der Waals surface area contributed by atoms with Gasteiger partial charge in [0.15, 0.2) is 12.7 Å². The number of fused-ring (bicyclic) bond motifs is 1. The van der Waals surface area contributed by atoms with Gasteiger partial charge in [0.05, 0.1) is 17.2 Å². The number of hydrogen-bond acceptors (Lipinski definition) is 7. The van der Waals surface area contributed by atoms with Crippen molar-refractivity contribution in [3.8, 4) is 5.75 Å². The number of nitrogens with one attached hydrogen (secondary N) is 1. The molecule has 2 N–H and O–H groups in total. The number of carbonyl (C=O) groups excluding carboxylic acids is 2. The van der Waals surface area contributed by atoms with E-state index in [9.17, 15) is 24.5 Å². The lowest BCUT2D eigenvalue weighted by molar-refractivity contribution is -0.384. The van der Waals surface area contributed by atoms with E-state index in [1.165, 1.54) is 19.2 Å². The van der Waals surface area contributed by atoms with E-state index in [1.807, 2.05) is 0 Å². The van der Waals surface area contributed by atoms with Gasteiger partial charge in [0.2, 0.25) is 5.91 Å². The molecule has 0 saturated heterocycles. The number of carboxylic acid groups (broad SMARTS) is 1. The van der Waals surface area contributed by atoms with Crippen molar-refractivity contribution < 1.29 is 33.9 Å². The second-order valence-electron chi connectivity index (χ2n) is 5.04. The Bertz CT molecular complexity index is 720. The molecule has 2 amide bonds. The number of carbonyl (C=O) groups is 3. The van der Waals surface area contributed by atoms with Gasteiger partial charge >= 0.3 is 5.97 Å². The van der Waals surface area contributed by atoms with Crippen LogP contribution in [-0.2, 0) is 19.1 Å². The maximum atomic E-state index is 12.0. The average Bonchev–Trinajstić information content (AvgIpc) is 2.57. The Morgan fingerprint density at radius 3 is 2.84 bits per heavy atom. The Hall–Kier alpha value is -3.21. The van der Waals surface area contributed by atoms with Crippen LogP contribution in [0.25, 0.3) is 0 Å². The van der Waals surface area contributed by atoms with Crippen molar-refractivity contribution in [1.82, 2.24) is 5.32 Å². The van der Waals surface area contributed by atoms with Gasteiger partial charge in [0.1, 0.15) is 12.3 Å². The largest absolute Gasteiger partial charge is 0.482 e. The molecule has 0 bridgehead atoms. The lowest BCUT2D eigenvalue weighted by atomic mass is 10.2. The molecule has 0 spiro atoms. The predicted octanol–water partition coefficient (Wildman–Crippen LogP) is -0.464. The molecule has 0 aromatic heterocycles. The highest BCUT2D eigenvalue weighted by molar-refractivity contribution is 6.02. The number of methoxy groups -OCH3 is 1. The predicted molar refractivity (Wildman–Crippen MR) is 82.4 cm³/mol. The van der Waals surface area contributed by atoms with Crippen molar-refractivity contribution in [2.75, 3.05) is 31.7 Å². The first-order valence-corrected chi connectivity index (χ1v) is 7.07. The molecule has 1 aromatic carbocycles. The number of rotatable bonds is 7. The van der Waals surface area contributed by atoms with Gasteiger partial charge in [-0.25, -0.2) is 4.79 Å². The van der Waals surface area contributed by atoms with Gasteiger partial charge in [-0.2, -0.15) is 0 Å². The van der Waals surface area contributed by atoms with Crippen LogP contribution >= 0.6 is 0 Å². The standard InChI is InChI=1S/C14H15N3O8/c1-24-11(14(20)21)5-15-12(18)6-16-9-4-8(17(22)23)2-3-10(9)25-7-13(16)19/h2-4,11H,5-7H2,1H3,(H,15,18)(H,20,21). The first kappa shape index (κ1) is 18.1. The monoisotopic (exact) mass is 353 g/mol. The highest BCUT2D eigenvalue weighted by Crippen LogP contribution is 2.35. The highest BCUT2D eigenvalue weighted by Gasteiger charge is 2.29. The van der Waals surface area contributed by atoms with Gasteiger partial charge in [-0.05, 0) is 6.07 Å². The summed E-state index contributed by atoms with van der Waals surface area (Å²) in [5, 5.41) is 22.1. The van der Waals surface area contributed by atoms with Gasteiger partial charge in [-0.3, -0.25) is 24.6 Å². The molecule has 0 fully saturated rings. The smallest absolute Gasteiger partial charge is 0.334 e. The molecule has 0 radical (unpaired) electrons. The van der Waals surface area contributed by atoms with Crippen LogP contribution in [0, 0.1) is 10.1 Å². The molecule has 1 heterocycles. The maximum absolute atomic E-state index is 12.0. The lowest BCUT2D eigenvalue weighted by Crippen LogP contribution is -2.47. The Labute approximate surface area is 141 Å². The third-order valence-corrected chi connectivity index (χ3v) is 3.44. The zero-order valence-electron chi connectivity index (χ0n) is 13.1. The molecule has 1 unspecified atom stereocenters. The van der Waals surface area contributed by atoms with Gasteiger partial charge < -0.3 is 19.9 Å². The number of nitro benzene ring substituents is 1. The van der Waals surface area contributed by atoms with Gasteiger partial charge in [0, 0.05) is 19.2 Å². The van der Waals surface area contributed by atoms with Crippen molar-refractivity contribution in [3.05, 3.63) is 28.3 Å². The van der Waals surface area contributed by atoms with Crippen molar-refractivity contribution in [2.45, 2.75) is 6.10 Å². The SMILES string of the molecule is COC(CNC(=O)CN1C(=O)COc2ccc([N+](=O)[O-])cc21)C(=O)O. The van der Waals surface area contributed by atoms with E-state index in [4.69, 9.17) is 9.84 Å². The van der Waals surface area contributed by atoms with E-state index >= 15 is 0 Å². The van der Waals surface area contributed by atoms with Crippen LogP contribution in [0.4, 0.5) is 11.4 Å². The topological polar surface area (TPSA) is 148 Å². The van der Waals surface area contributed by atoms with Crippen LogP contribution in [0.2, 0.25) is 0 Å². The van der Waals surface area contributed by atoms with Crippen LogP contribution < -0.4 is 15.0 Å². The summed E-state index contributed by atoms with van der Waals surface area (Å²) in [5.74, 6) is -2.20. The quantitative estimate of drug-likeness (QED) is 0.494. The molecule has 0 saturated carbocycles. The Kier molecular flexibility index (Phi) is 5.49. The number of anilines is 1. The molecule has 11 heteroatoms. The van der Waals surface area contributed by atoms with Crippen LogP contribution in [0.15, 0.2) is 18.2 Å². The summed E-state index contributed by atoms with van der Waals surface area (Å²) in [6, 6.07) is 3.70. The Morgan fingerprint density at radius 1 is 1.52 bits per heavy atom. The van der Waals surface area contributed by atoms with Crippen molar-refractivity contribution in [3.63, 3.8) is 0 Å². The lowest BCUT2D eigenvalue weighted by Gasteiger charge is -2.28. The molecular weight excluding hydrogens is 338 g/mol. The molecule has 1 atom stereocenters. The number of hydrogen-bond donors (Lipinski definition) is 2. The Balaban J connectivity index is 2.12. The van der Waals surface area contributed by atoms with Crippen molar-refractivity contribution in [1.29, 1.82) is 0 Å².